The first-order valence-electron chi connectivity index (χ1n) is 6.21. The van der Waals surface area contributed by atoms with Crippen LogP contribution in [0, 0.1) is 5.92 Å². The monoisotopic (exact) mass is 215 g/mol. The molecule has 1 saturated carbocycles. The van der Waals surface area contributed by atoms with Crippen LogP contribution < -0.4 is 5.73 Å². The van der Waals surface area contributed by atoms with Crippen molar-refractivity contribution in [2.45, 2.75) is 32.6 Å². The molecule has 0 bridgehead atoms. The molecule has 1 aliphatic carbocycles. The number of nitrogens with two attached hydrogens (primary N) is 1. The van der Waals surface area contributed by atoms with Gasteiger partial charge in [-0.05, 0) is 35.8 Å². The van der Waals surface area contributed by atoms with Gasteiger partial charge in [0.2, 0.25) is 0 Å². The van der Waals surface area contributed by atoms with Crippen molar-refractivity contribution in [1.82, 2.24) is 0 Å². The van der Waals surface area contributed by atoms with Crippen LogP contribution in [0.4, 0.5) is 0 Å². The van der Waals surface area contributed by atoms with Gasteiger partial charge < -0.3 is 5.73 Å². The van der Waals surface area contributed by atoms with Gasteiger partial charge in [0.05, 0.1) is 0 Å². The molecule has 1 nitrogen and oxygen atoms in total. The summed E-state index contributed by atoms with van der Waals surface area (Å²) in [5, 5.41) is 0. The Hall–Kier alpha value is -1.08. The predicted molar refractivity (Wildman–Crippen MR) is 70.3 cm³/mol. The molecule has 0 saturated heterocycles. The lowest BCUT2D eigenvalue weighted by atomic mass is 9.99. The predicted octanol–water partition coefficient (Wildman–Crippen LogP) is 3.56. The van der Waals surface area contributed by atoms with Gasteiger partial charge in [0, 0.05) is 6.54 Å². The summed E-state index contributed by atoms with van der Waals surface area (Å²) in [5.41, 5.74) is 9.89. The molecule has 86 valence electrons. The molecule has 0 amide bonds. The van der Waals surface area contributed by atoms with E-state index >= 15 is 0 Å². The van der Waals surface area contributed by atoms with Crippen LogP contribution in [0.5, 0.6) is 0 Å². The smallest absolute Gasteiger partial charge is 0.0142 e. The Balaban J connectivity index is 2.22. The molecule has 0 aromatic heterocycles. The zero-order chi connectivity index (χ0) is 11.5. The van der Waals surface area contributed by atoms with Gasteiger partial charge in [0.1, 0.15) is 0 Å². The highest BCUT2D eigenvalue weighted by Crippen LogP contribution is 2.40. The van der Waals surface area contributed by atoms with E-state index in [-0.39, 0.29) is 0 Å². The number of hydrogen-bond donors (Lipinski definition) is 1. The average molecular weight is 215 g/mol. The van der Waals surface area contributed by atoms with Gasteiger partial charge >= 0.3 is 0 Å². The second kappa shape index (κ2) is 4.84. The van der Waals surface area contributed by atoms with Crippen LogP contribution in [-0.4, -0.2) is 6.54 Å². The molecule has 16 heavy (non-hydrogen) atoms. The van der Waals surface area contributed by atoms with E-state index in [1.54, 1.807) is 0 Å². The maximum absolute atomic E-state index is 5.76. The Morgan fingerprint density at radius 1 is 1.44 bits per heavy atom. The van der Waals surface area contributed by atoms with Crippen LogP contribution in [0.2, 0.25) is 0 Å². The lowest BCUT2D eigenvalue weighted by Gasteiger charge is -2.09. The molecular formula is C15H21N. The molecule has 2 rings (SSSR count). The molecule has 1 aromatic carbocycles. The van der Waals surface area contributed by atoms with Crippen LogP contribution in [0.3, 0.4) is 0 Å². The largest absolute Gasteiger partial charge is 0.327 e. The third-order valence-electron chi connectivity index (χ3n) is 3.29. The molecule has 2 N–H and O–H groups in total. The molecular weight excluding hydrogens is 194 g/mol. The minimum Gasteiger partial charge on any atom is -0.327 e. The molecule has 0 aliphatic heterocycles. The Labute approximate surface area is 98.4 Å². The molecule has 0 unspecified atom stereocenters. The van der Waals surface area contributed by atoms with E-state index in [1.165, 1.54) is 29.5 Å². The Kier molecular flexibility index (Phi) is 3.45. The maximum atomic E-state index is 5.76. The van der Waals surface area contributed by atoms with Crippen LogP contribution >= 0.6 is 0 Å². The minimum absolute atomic E-state index is 0.537. The third-order valence-corrected chi connectivity index (χ3v) is 3.29. The van der Waals surface area contributed by atoms with E-state index in [0.29, 0.717) is 12.5 Å². The summed E-state index contributed by atoms with van der Waals surface area (Å²) in [5.74, 6) is 1.36. The Morgan fingerprint density at radius 2 is 2.19 bits per heavy atom. The summed E-state index contributed by atoms with van der Waals surface area (Å²) in [6.07, 6.45) is 4.97. The number of benzene rings is 1. The fraction of sp³-hybridized carbons (Fsp3) is 0.467. The van der Waals surface area contributed by atoms with Crippen LogP contribution in [0.25, 0.3) is 6.08 Å². The summed E-state index contributed by atoms with van der Waals surface area (Å²) in [7, 11) is 0. The summed E-state index contributed by atoms with van der Waals surface area (Å²) < 4.78 is 0. The van der Waals surface area contributed by atoms with Crippen molar-refractivity contribution in [3.63, 3.8) is 0 Å². The van der Waals surface area contributed by atoms with Gasteiger partial charge in [-0.15, -0.1) is 0 Å². The first-order valence-corrected chi connectivity index (χ1v) is 6.21. The van der Waals surface area contributed by atoms with Crippen molar-refractivity contribution >= 4 is 6.08 Å². The third kappa shape index (κ3) is 2.73. The highest BCUT2D eigenvalue weighted by Gasteiger charge is 2.23. The molecule has 0 radical (unpaired) electrons. The van der Waals surface area contributed by atoms with Gasteiger partial charge in [0.25, 0.3) is 0 Å². The molecule has 1 heteroatoms. The van der Waals surface area contributed by atoms with Gasteiger partial charge in [-0.2, -0.15) is 0 Å². The molecule has 1 fully saturated rings. The minimum atomic E-state index is 0.537. The number of hydrogen-bond acceptors (Lipinski definition) is 1. The van der Waals surface area contributed by atoms with Crippen molar-refractivity contribution in [3.8, 4) is 0 Å². The van der Waals surface area contributed by atoms with E-state index in [9.17, 15) is 0 Å². The van der Waals surface area contributed by atoms with E-state index in [0.717, 1.165) is 5.92 Å². The van der Waals surface area contributed by atoms with E-state index in [2.05, 4.69) is 44.2 Å². The molecule has 0 spiro atoms. The van der Waals surface area contributed by atoms with E-state index < -0.39 is 0 Å². The van der Waals surface area contributed by atoms with Crippen molar-refractivity contribution in [2.24, 2.45) is 11.7 Å². The van der Waals surface area contributed by atoms with Gasteiger partial charge in [-0.3, -0.25) is 0 Å². The normalized spacial score (nSPS) is 16.9. The highest BCUT2D eigenvalue weighted by atomic mass is 14.5. The summed E-state index contributed by atoms with van der Waals surface area (Å²) in [6.45, 7) is 5.05. The zero-order valence-electron chi connectivity index (χ0n) is 10.2. The summed E-state index contributed by atoms with van der Waals surface area (Å²) in [6, 6.07) is 8.89. The maximum Gasteiger partial charge on any atom is 0.0142 e. The fourth-order valence-electron chi connectivity index (χ4n) is 1.99. The summed E-state index contributed by atoms with van der Waals surface area (Å²) >= 11 is 0. The van der Waals surface area contributed by atoms with Crippen LogP contribution in [0.1, 0.15) is 43.7 Å². The lowest BCUT2D eigenvalue weighted by Crippen LogP contribution is -2.08. The summed E-state index contributed by atoms with van der Waals surface area (Å²) in [4.78, 5) is 0. The fourth-order valence-corrected chi connectivity index (χ4v) is 1.99. The second-order valence-corrected chi connectivity index (χ2v) is 5.02. The average Bonchev–Trinajstić information content (AvgIpc) is 3.09. The first kappa shape index (κ1) is 11.4. The van der Waals surface area contributed by atoms with Gasteiger partial charge in [0.15, 0.2) is 0 Å². The lowest BCUT2D eigenvalue weighted by molar-refractivity contribution is 0.752. The SMILES string of the molecule is CC(C)C(=Cc1cccc(C2CC2)c1)CN. The molecule has 1 aromatic rings. The first-order chi connectivity index (χ1) is 7.70. The topological polar surface area (TPSA) is 26.0 Å². The van der Waals surface area contributed by atoms with Crippen molar-refractivity contribution in [2.75, 3.05) is 6.54 Å². The Bertz CT molecular complexity index is 386. The van der Waals surface area contributed by atoms with E-state index in [4.69, 9.17) is 5.73 Å². The van der Waals surface area contributed by atoms with Crippen LogP contribution in [-0.2, 0) is 0 Å². The zero-order valence-corrected chi connectivity index (χ0v) is 10.2. The molecule has 0 heterocycles. The number of rotatable bonds is 4. The molecule has 1 aliphatic rings. The van der Waals surface area contributed by atoms with Crippen LogP contribution in [0.15, 0.2) is 29.8 Å². The quantitative estimate of drug-likeness (QED) is 0.816. The van der Waals surface area contributed by atoms with E-state index in [1.807, 2.05) is 0 Å². The second-order valence-electron chi connectivity index (χ2n) is 5.02. The van der Waals surface area contributed by atoms with Crippen molar-refractivity contribution < 1.29 is 0 Å². The standard InChI is InChI=1S/C15H21N/c1-11(2)15(10-16)9-12-4-3-5-14(8-12)13-6-7-13/h3-5,8-9,11,13H,6-7,10,16H2,1-2H3. The van der Waals surface area contributed by atoms with Crippen molar-refractivity contribution in [1.29, 1.82) is 0 Å². The highest BCUT2D eigenvalue weighted by molar-refractivity contribution is 5.55. The van der Waals surface area contributed by atoms with Crippen molar-refractivity contribution in [3.05, 3.63) is 41.0 Å². The van der Waals surface area contributed by atoms with Gasteiger partial charge in [-0.1, -0.05) is 49.8 Å². The Morgan fingerprint density at radius 3 is 2.75 bits per heavy atom. The molecule has 0 atom stereocenters. The van der Waals surface area contributed by atoms with Gasteiger partial charge in [-0.25, -0.2) is 0 Å².